The number of likely N-dealkylation sites (tertiary alicyclic amines) is 1. The van der Waals surface area contributed by atoms with Gasteiger partial charge in [-0.05, 0) is 25.8 Å². The van der Waals surface area contributed by atoms with Crippen molar-refractivity contribution in [2.45, 2.75) is 19.8 Å². The Bertz CT molecular complexity index is 768. The second-order valence-corrected chi connectivity index (χ2v) is 6.69. The quantitative estimate of drug-likeness (QED) is 0.853. The number of nitrogens with zero attached hydrogens (tertiary/aromatic N) is 4. The summed E-state index contributed by atoms with van der Waals surface area (Å²) in [7, 11) is 0. The smallest absolute Gasteiger partial charge is 0.265 e. The largest absolute Gasteiger partial charge is 0.477 e. The van der Waals surface area contributed by atoms with Gasteiger partial charge in [0, 0.05) is 31.3 Å². The molecule has 7 heteroatoms. The van der Waals surface area contributed by atoms with Crippen LogP contribution in [0.5, 0.6) is 5.88 Å². The van der Waals surface area contributed by atoms with Crippen LogP contribution in [-0.2, 0) is 0 Å². The molecule has 0 radical (unpaired) electrons. The van der Waals surface area contributed by atoms with E-state index in [4.69, 9.17) is 10.00 Å². The zero-order chi connectivity index (χ0) is 16.9. The Morgan fingerprint density at radius 2 is 2.42 bits per heavy atom. The standard InChI is InChI=1S/C17H18N4O2S/c1-12-16(24-11-20-12)17(22)21-6-2-3-14(9-21)10-23-15-7-13(8-18)4-5-19-15/h4-5,7,11,14H,2-3,6,9-10H2,1H3. The number of carbonyl (C=O) groups is 1. The van der Waals surface area contributed by atoms with Crippen LogP contribution in [-0.4, -0.2) is 40.5 Å². The molecule has 24 heavy (non-hydrogen) atoms. The Labute approximate surface area is 144 Å². The third-order valence-electron chi connectivity index (χ3n) is 4.08. The van der Waals surface area contributed by atoms with E-state index in [0.29, 0.717) is 24.6 Å². The van der Waals surface area contributed by atoms with Gasteiger partial charge in [0.05, 0.1) is 29.4 Å². The number of hydrogen-bond acceptors (Lipinski definition) is 6. The van der Waals surface area contributed by atoms with Gasteiger partial charge in [0.2, 0.25) is 5.88 Å². The third kappa shape index (κ3) is 3.71. The average Bonchev–Trinajstić information content (AvgIpc) is 3.05. The third-order valence-corrected chi connectivity index (χ3v) is 4.99. The van der Waals surface area contributed by atoms with E-state index in [1.807, 2.05) is 11.8 Å². The number of pyridine rings is 1. The monoisotopic (exact) mass is 342 g/mol. The molecule has 1 amide bonds. The van der Waals surface area contributed by atoms with Crippen molar-refractivity contribution in [1.29, 1.82) is 5.26 Å². The molecule has 0 aromatic carbocycles. The summed E-state index contributed by atoms with van der Waals surface area (Å²) >= 11 is 1.39. The summed E-state index contributed by atoms with van der Waals surface area (Å²) in [6.45, 7) is 3.80. The molecule has 0 spiro atoms. The van der Waals surface area contributed by atoms with Crippen molar-refractivity contribution in [3.05, 3.63) is 40.0 Å². The molecule has 1 aliphatic heterocycles. The highest BCUT2D eigenvalue weighted by molar-refractivity contribution is 7.11. The number of amides is 1. The second-order valence-electron chi connectivity index (χ2n) is 5.83. The maximum Gasteiger partial charge on any atom is 0.265 e. The van der Waals surface area contributed by atoms with Crippen molar-refractivity contribution in [3.63, 3.8) is 0 Å². The van der Waals surface area contributed by atoms with Crippen LogP contribution in [0.25, 0.3) is 0 Å². The molecule has 0 saturated carbocycles. The average molecular weight is 342 g/mol. The number of rotatable bonds is 4. The van der Waals surface area contributed by atoms with E-state index >= 15 is 0 Å². The van der Waals surface area contributed by atoms with Gasteiger partial charge in [-0.1, -0.05) is 0 Å². The molecular formula is C17H18N4O2S. The fourth-order valence-corrected chi connectivity index (χ4v) is 3.57. The van der Waals surface area contributed by atoms with Gasteiger partial charge in [-0.15, -0.1) is 11.3 Å². The Kier molecular flexibility index (Phi) is 5.06. The SMILES string of the molecule is Cc1ncsc1C(=O)N1CCCC(COc2cc(C#N)ccn2)C1. The number of thiazole rings is 1. The lowest BCUT2D eigenvalue weighted by molar-refractivity contribution is 0.0635. The van der Waals surface area contributed by atoms with Crippen LogP contribution in [0.4, 0.5) is 0 Å². The highest BCUT2D eigenvalue weighted by atomic mass is 32.1. The van der Waals surface area contributed by atoms with Crippen LogP contribution in [0.3, 0.4) is 0 Å². The highest BCUT2D eigenvalue weighted by Crippen LogP contribution is 2.22. The lowest BCUT2D eigenvalue weighted by Crippen LogP contribution is -2.41. The molecule has 1 unspecified atom stereocenters. The van der Waals surface area contributed by atoms with Gasteiger partial charge >= 0.3 is 0 Å². The predicted molar refractivity (Wildman–Crippen MR) is 89.9 cm³/mol. The van der Waals surface area contributed by atoms with E-state index in [2.05, 4.69) is 16.0 Å². The first kappa shape index (κ1) is 16.4. The normalized spacial score (nSPS) is 17.3. The van der Waals surface area contributed by atoms with Gasteiger partial charge in [-0.3, -0.25) is 4.79 Å². The number of nitriles is 1. The lowest BCUT2D eigenvalue weighted by Gasteiger charge is -2.32. The molecule has 2 aromatic heterocycles. The Morgan fingerprint density at radius 1 is 1.54 bits per heavy atom. The molecular weight excluding hydrogens is 324 g/mol. The van der Waals surface area contributed by atoms with Crippen LogP contribution < -0.4 is 4.74 Å². The van der Waals surface area contributed by atoms with Crippen LogP contribution in [0.15, 0.2) is 23.8 Å². The van der Waals surface area contributed by atoms with Gasteiger partial charge in [0.25, 0.3) is 5.91 Å². The molecule has 1 aliphatic rings. The summed E-state index contributed by atoms with van der Waals surface area (Å²) in [5.41, 5.74) is 3.03. The van der Waals surface area contributed by atoms with E-state index in [1.165, 1.54) is 11.3 Å². The lowest BCUT2D eigenvalue weighted by atomic mass is 9.99. The minimum absolute atomic E-state index is 0.0595. The fraction of sp³-hybridized carbons (Fsp3) is 0.412. The minimum atomic E-state index is 0.0595. The van der Waals surface area contributed by atoms with Crippen LogP contribution in [0.2, 0.25) is 0 Å². The van der Waals surface area contributed by atoms with Crippen LogP contribution in [0.1, 0.15) is 33.8 Å². The molecule has 0 bridgehead atoms. The first-order valence-electron chi connectivity index (χ1n) is 7.85. The van der Waals surface area contributed by atoms with Crippen molar-refractivity contribution in [3.8, 4) is 11.9 Å². The Balaban J connectivity index is 1.58. The number of ether oxygens (including phenoxy) is 1. The van der Waals surface area contributed by atoms with Gasteiger partial charge < -0.3 is 9.64 Å². The van der Waals surface area contributed by atoms with E-state index in [0.717, 1.165) is 30.0 Å². The van der Waals surface area contributed by atoms with Crippen molar-refractivity contribution < 1.29 is 9.53 Å². The fourth-order valence-electron chi connectivity index (χ4n) is 2.80. The van der Waals surface area contributed by atoms with E-state index in [1.54, 1.807) is 23.8 Å². The highest BCUT2D eigenvalue weighted by Gasteiger charge is 2.26. The maximum absolute atomic E-state index is 12.6. The summed E-state index contributed by atoms with van der Waals surface area (Å²) in [4.78, 5) is 23.5. The van der Waals surface area contributed by atoms with Gasteiger partial charge in [0.15, 0.2) is 0 Å². The number of aromatic nitrogens is 2. The van der Waals surface area contributed by atoms with E-state index in [-0.39, 0.29) is 11.8 Å². The Morgan fingerprint density at radius 3 is 3.17 bits per heavy atom. The van der Waals surface area contributed by atoms with Crippen molar-refractivity contribution in [1.82, 2.24) is 14.9 Å². The number of carbonyl (C=O) groups excluding carboxylic acids is 1. The molecule has 1 fully saturated rings. The number of aryl methyl sites for hydroxylation is 1. The van der Waals surface area contributed by atoms with Crippen molar-refractivity contribution >= 4 is 17.2 Å². The van der Waals surface area contributed by atoms with Crippen LogP contribution >= 0.6 is 11.3 Å². The van der Waals surface area contributed by atoms with Gasteiger partial charge in [-0.2, -0.15) is 5.26 Å². The molecule has 1 atom stereocenters. The summed E-state index contributed by atoms with van der Waals surface area (Å²) in [6, 6.07) is 5.35. The number of hydrogen-bond donors (Lipinski definition) is 0. The molecule has 3 rings (SSSR count). The predicted octanol–water partition coefficient (Wildman–Crippen LogP) is 2.65. The van der Waals surface area contributed by atoms with E-state index in [9.17, 15) is 4.79 Å². The van der Waals surface area contributed by atoms with Crippen LogP contribution in [0, 0.1) is 24.2 Å². The zero-order valence-corrected chi connectivity index (χ0v) is 14.3. The molecule has 6 nitrogen and oxygen atoms in total. The summed E-state index contributed by atoms with van der Waals surface area (Å²) in [5, 5.41) is 8.91. The molecule has 0 N–H and O–H groups in total. The van der Waals surface area contributed by atoms with Crippen molar-refractivity contribution in [2.24, 2.45) is 5.92 Å². The van der Waals surface area contributed by atoms with Gasteiger partial charge in [-0.25, -0.2) is 9.97 Å². The topological polar surface area (TPSA) is 79.1 Å². The first-order valence-corrected chi connectivity index (χ1v) is 8.73. The minimum Gasteiger partial charge on any atom is -0.477 e. The molecule has 0 aliphatic carbocycles. The molecule has 3 heterocycles. The summed E-state index contributed by atoms with van der Waals surface area (Å²) in [6.07, 6.45) is 3.55. The molecule has 2 aromatic rings. The first-order chi connectivity index (χ1) is 11.7. The molecule has 1 saturated heterocycles. The van der Waals surface area contributed by atoms with E-state index < -0.39 is 0 Å². The second kappa shape index (κ2) is 7.41. The maximum atomic E-state index is 12.6. The summed E-state index contributed by atoms with van der Waals surface area (Å²) < 4.78 is 5.72. The zero-order valence-electron chi connectivity index (χ0n) is 13.4. The Hall–Kier alpha value is -2.46. The number of piperidine rings is 1. The van der Waals surface area contributed by atoms with Crippen molar-refractivity contribution in [2.75, 3.05) is 19.7 Å². The van der Waals surface area contributed by atoms with Gasteiger partial charge in [0.1, 0.15) is 4.88 Å². The summed E-state index contributed by atoms with van der Waals surface area (Å²) in [5.74, 6) is 0.781. The molecule has 124 valence electrons.